The molecule has 0 aliphatic carbocycles. The number of carbonyl (C=O) groups excluding carboxylic acids is 1. The maximum absolute atomic E-state index is 11.8. The van der Waals surface area contributed by atoms with Crippen molar-refractivity contribution in [3.8, 4) is 0 Å². The Hall–Kier alpha value is -0.940. The van der Waals surface area contributed by atoms with E-state index in [-0.39, 0.29) is 24.0 Å². The Morgan fingerprint density at radius 2 is 2.00 bits per heavy atom. The summed E-state index contributed by atoms with van der Waals surface area (Å²) in [5.74, 6) is 0.0361. The fourth-order valence-electron chi connectivity index (χ4n) is 1.66. The quantitative estimate of drug-likeness (QED) is 0.846. The summed E-state index contributed by atoms with van der Waals surface area (Å²) in [4.78, 5) is 17.2. The van der Waals surface area contributed by atoms with E-state index in [1.165, 1.54) is 4.88 Å². The minimum atomic E-state index is -0.200. The molecule has 4 nitrogen and oxygen atoms in total. The summed E-state index contributed by atoms with van der Waals surface area (Å²) in [6, 6.07) is 0.122. The maximum Gasteiger partial charge on any atom is 0.237 e. The SMILES string of the molecule is Cc1ncsc1C(C)NC(C)C(=O)NC(C)C. The van der Waals surface area contributed by atoms with Gasteiger partial charge in [-0.2, -0.15) is 0 Å². The first-order valence-corrected chi connectivity index (χ1v) is 6.76. The molecule has 0 radical (unpaired) electrons. The lowest BCUT2D eigenvalue weighted by Gasteiger charge is -2.20. The Morgan fingerprint density at radius 1 is 1.35 bits per heavy atom. The standard InChI is InChI=1S/C12H21N3OS/c1-7(2)14-12(16)10(5)15-9(4)11-8(3)13-6-17-11/h6-7,9-10,15H,1-5H3,(H,14,16). The Morgan fingerprint density at radius 3 is 2.47 bits per heavy atom. The molecule has 0 spiro atoms. The average molecular weight is 255 g/mol. The molecule has 2 atom stereocenters. The van der Waals surface area contributed by atoms with Crippen molar-refractivity contribution in [1.82, 2.24) is 15.6 Å². The van der Waals surface area contributed by atoms with E-state index in [2.05, 4.69) is 22.5 Å². The van der Waals surface area contributed by atoms with Crippen LogP contribution in [0.1, 0.15) is 44.3 Å². The molecule has 2 N–H and O–H groups in total. The summed E-state index contributed by atoms with van der Waals surface area (Å²) in [6.45, 7) is 9.84. The summed E-state index contributed by atoms with van der Waals surface area (Å²) in [5, 5.41) is 6.18. The predicted octanol–water partition coefficient (Wildman–Crippen LogP) is 2.02. The number of thiazole rings is 1. The van der Waals surface area contributed by atoms with Crippen molar-refractivity contribution in [2.45, 2.75) is 52.7 Å². The zero-order valence-corrected chi connectivity index (χ0v) is 11.9. The first kappa shape index (κ1) is 14.1. The molecule has 1 aromatic rings. The number of hydrogen-bond acceptors (Lipinski definition) is 4. The van der Waals surface area contributed by atoms with E-state index in [1.807, 2.05) is 33.2 Å². The van der Waals surface area contributed by atoms with Crippen molar-refractivity contribution in [2.24, 2.45) is 0 Å². The van der Waals surface area contributed by atoms with Gasteiger partial charge in [-0.3, -0.25) is 10.1 Å². The van der Waals surface area contributed by atoms with Crippen molar-refractivity contribution in [2.75, 3.05) is 0 Å². The zero-order chi connectivity index (χ0) is 13.0. The Bertz CT molecular complexity index is 376. The fourth-order valence-corrected chi connectivity index (χ4v) is 2.48. The third-order valence-corrected chi connectivity index (χ3v) is 3.61. The molecule has 1 heterocycles. The molecular formula is C12H21N3OS. The lowest BCUT2D eigenvalue weighted by atomic mass is 10.2. The molecule has 0 aliphatic rings. The molecule has 0 aliphatic heterocycles. The third kappa shape index (κ3) is 4.09. The van der Waals surface area contributed by atoms with Crippen molar-refractivity contribution in [3.63, 3.8) is 0 Å². The molecule has 0 saturated carbocycles. The van der Waals surface area contributed by atoms with Gasteiger partial charge in [-0.25, -0.2) is 4.98 Å². The van der Waals surface area contributed by atoms with Gasteiger partial charge in [0.2, 0.25) is 5.91 Å². The predicted molar refractivity (Wildman–Crippen MR) is 71.1 cm³/mol. The van der Waals surface area contributed by atoms with Gasteiger partial charge in [0.25, 0.3) is 0 Å². The molecule has 1 aromatic heterocycles. The Balaban J connectivity index is 2.54. The molecule has 1 amide bonds. The number of amides is 1. The normalized spacial score (nSPS) is 14.7. The Labute approximate surface area is 107 Å². The van der Waals surface area contributed by atoms with Gasteiger partial charge < -0.3 is 5.32 Å². The van der Waals surface area contributed by atoms with Gasteiger partial charge in [-0.05, 0) is 34.6 Å². The molecule has 0 saturated heterocycles. The van der Waals surface area contributed by atoms with Crippen LogP contribution >= 0.6 is 11.3 Å². The molecule has 0 bridgehead atoms. The molecule has 96 valence electrons. The number of nitrogens with one attached hydrogen (secondary N) is 2. The number of rotatable bonds is 5. The summed E-state index contributed by atoms with van der Waals surface area (Å²) in [6.07, 6.45) is 0. The lowest BCUT2D eigenvalue weighted by molar-refractivity contribution is -0.123. The minimum Gasteiger partial charge on any atom is -0.353 e. The molecule has 1 rings (SSSR count). The number of hydrogen-bond donors (Lipinski definition) is 2. The van der Waals surface area contributed by atoms with E-state index in [4.69, 9.17) is 0 Å². The highest BCUT2D eigenvalue weighted by atomic mass is 32.1. The van der Waals surface area contributed by atoms with Crippen molar-refractivity contribution in [1.29, 1.82) is 0 Å². The Kier molecular flexibility index (Phi) is 5.08. The minimum absolute atomic E-state index is 0.0361. The number of nitrogens with zero attached hydrogens (tertiary/aromatic N) is 1. The van der Waals surface area contributed by atoms with E-state index < -0.39 is 0 Å². The summed E-state index contributed by atoms with van der Waals surface area (Å²) in [5.41, 5.74) is 2.87. The number of carbonyl (C=O) groups is 1. The average Bonchev–Trinajstić information content (AvgIpc) is 2.63. The lowest BCUT2D eigenvalue weighted by Crippen LogP contribution is -2.45. The van der Waals surface area contributed by atoms with Crippen molar-refractivity contribution >= 4 is 17.2 Å². The van der Waals surface area contributed by atoms with Gasteiger partial charge in [0.1, 0.15) is 0 Å². The fraction of sp³-hybridized carbons (Fsp3) is 0.667. The van der Waals surface area contributed by atoms with Crippen LogP contribution in [0.5, 0.6) is 0 Å². The van der Waals surface area contributed by atoms with Crippen LogP contribution in [0.2, 0.25) is 0 Å². The van der Waals surface area contributed by atoms with E-state index in [1.54, 1.807) is 11.3 Å². The second-order valence-electron chi connectivity index (χ2n) is 4.58. The van der Waals surface area contributed by atoms with Gasteiger partial charge in [0.05, 0.1) is 17.2 Å². The summed E-state index contributed by atoms with van der Waals surface area (Å²) in [7, 11) is 0. The molecule has 0 fully saturated rings. The van der Waals surface area contributed by atoms with E-state index in [9.17, 15) is 4.79 Å². The smallest absolute Gasteiger partial charge is 0.237 e. The van der Waals surface area contributed by atoms with E-state index in [0.717, 1.165) is 5.69 Å². The molecule has 5 heteroatoms. The van der Waals surface area contributed by atoms with Crippen LogP contribution in [0.4, 0.5) is 0 Å². The van der Waals surface area contributed by atoms with Gasteiger partial charge in [-0.15, -0.1) is 11.3 Å². The highest BCUT2D eigenvalue weighted by molar-refractivity contribution is 7.09. The van der Waals surface area contributed by atoms with Crippen molar-refractivity contribution in [3.05, 3.63) is 16.1 Å². The topological polar surface area (TPSA) is 54.0 Å². The number of aryl methyl sites for hydroxylation is 1. The van der Waals surface area contributed by atoms with Crippen LogP contribution in [-0.4, -0.2) is 23.0 Å². The first-order valence-electron chi connectivity index (χ1n) is 5.88. The third-order valence-electron chi connectivity index (χ3n) is 2.50. The summed E-state index contributed by atoms with van der Waals surface area (Å²) >= 11 is 1.62. The van der Waals surface area contributed by atoms with Crippen LogP contribution in [0.25, 0.3) is 0 Å². The van der Waals surface area contributed by atoms with Gasteiger partial charge in [-0.1, -0.05) is 0 Å². The van der Waals surface area contributed by atoms with E-state index in [0.29, 0.717) is 0 Å². The zero-order valence-electron chi connectivity index (χ0n) is 11.1. The molecule has 0 aromatic carbocycles. The maximum atomic E-state index is 11.8. The van der Waals surface area contributed by atoms with E-state index >= 15 is 0 Å². The van der Waals surface area contributed by atoms with Gasteiger partial charge in [0, 0.05) is 17.0 Å². The second kappa shape index (κ2) is 6.12. The van der Waals surface area contributed by atoms with Gasteiger partial charge >= 0.3 is 0 Å². The molecule has 17 heavy (non-hydrogen) atoms. The summed E-state index contributed by atoms with van der Waals surface area (Å²) < 4.78 is 0. The highest BCUT2D eigenvalue weighted by Crippen LogP contribution is 2.21. The number of aromatic nitrogens is 1. The first-order chi connectivity index (χ1) is 7.91. The second-order valence-corrected chi connectivity index (χ2v) is 5.46. The van der Waals surface area contributed by atoms with Gasteiger partial charge in [0.15, 0.2) is 0 Å². The highest BCUT2D eigenvalue weighted by Gasteiger charge is 2.18. The van der Waals surface area contributed by atoms with Crippen LogP contribution in [0.3, 0.4) is 0 Å². The van der Waals surface area contributed by atoms with Crippen molar-refractivity contribution < 1.29 is 4.79 Å². The van der Waals surface area contributed by atoms with Crippen LogP contribution in [-0.2, 0) is 4.79 Å². The van der Waals surface area contributed by atoms with Crippen LogP contribution < -0.4 is 10.6 Å². The largest absolute Gasteiger partial charge is 0.353 e. The molecular weight excluding hydrogens is 234 g/mol. The van der Waals surface area contributed by atoms with Crippen LogP contribution in [0, 0.1) is 6.92 Å². The van der Waals surface area contributed by atoms with Crippen LogP contribution in [0.15, 0.2) is 5.51 Å². The monoisotopic (exact) mass is 255 g/mol. The molecule has 2 unspecified atom stereocenters.